The van der Waals surface area contributed by atoms with E-state index in [1.54, 1.807) is 11.0 Å². The first-order valence-electron chi connectivity index (χ1n) is 10.9. The molecule has 2 aromatic carbocycles. The summed E-state index contributed by atoms with van der Waals surface area (Å²) in [6, 6.07) is 11.6. The van der Waals surface area contributed by atoms with Gasteiger partial charge in [0.15, 0.2) is 16.6 Å². The third-order valence-electron chi connectivity index (χ3n) is 5.61. The van der Waals surface area contributed by atoms with Gasteiger partial charge in [-0.25, -0.2) is 4.98 Å². The van der Waals surface area contributed by atoms with Crippen molar-refractivity contribution in [2.45, 2.75) is 6.42 Å². The molecule has 180 valence electrons. The van der Waals surface area contributed by atoms with Gasteiger partial charge in [0.25, 0.3) is 5.91 Å². The van der Waals surface area contributed by atoms with Crippen LogP contribution in [0.2, 0.25) is 0 Å². The average molecular weight is 567 g/mol. The molecule has 34 heavy (non-hydrogen) atoms. The van der Waals surface area contributed by atoms with Crippen molar-refractivity contribution in [3.63, 3.8) is 0 Å². The minimum Gasteiger partial charge on any atom is -0.454 e. The van der Waals surface area contributed by atoms with E-state index in [1.165, 1.54) is 11.3 Å². The Bertz CT molecular complexity index is 1180. The molecule has 0 radical (unpaired) electrons. The molecular formula is C24H25BrClN3O4S. The second kappa shape index (κ2) is 11.5. The quantitative estimate of drug-likeness (QED) is 0.376. The molecule has 3 heterocycles. The van der Waals surface area contributed by atoms with Gasteiger partial charge in [-0.05, 0) is 48.4 Å². The Hall–Kier alpha value is -2.17. The van der Waals surface area contributed by atoms with Crippen LogP contribution >= 0.6 is 39.7 Å². The highest BCUT2D eigenvalue weighted by Crippen LogP contribution is 2.33. The summed E-state index contributed by atoms with van der Waals surface area (Å²) in [5.41, 5.74) is 1.78. The number of rotatable bonds is 7. The number of carbonyl (C=O) groups excluding carboxylic acids is 1. The van der Waals surface area contributed by atoms with Gasteiger partial charge in [0, 0.05) is 36.7 Å². The molecule has 0 N–H and O–H groups in total. The maximum absolute atomic E-state index is 13.3. The fraction of sp³-hybridized carbons (Fsp3) is 0.333. The Morgan fingerprint density at radius 2 is 1.97 bits per heavy atom. The highest BCUT2D eigenvalue weighted by atomic mass is 79.9. The number of benzene rings is 2. The van der Waals surface area contributed by atoms with Gasteiger partial charge in [0.05, 0.1) is 23.4 Å². The summed E-state index contributed by atoms with van der Waals surface area (Å²) in [5.74, 6) is 1.33. The third-order valence-corrected chi connectivity index (χ3v) is 7.15. The van der Waals surface area contributed by atoms with Gasteiger partial charge in [-0.3, -0.25) is 14.6 Å². The van der Waals surface area contributed by atoms with Crippen LogP contribution in [0.25, 0.3) is 16.3 Å². The largest absolute Gasteiger partial charge is 0.454 e. The fourth-order valence-corrected chi connectivity index (χ4v) is 5.40. The molecule has 10 heteroatoms. The van der Waals surface area contributed by atoms with Crippen molar-refractivity contribution >= 4 is 67.0 Å². The second-order valence-corrected chi connectivity index (χ2v) is 9.78. The van der Waals surface area contributed by atoms with Crippen LogP contribution in [0, 0.1) is 0 Å². The molecule has 0 saturated carbocycles. The first-order chi connectivity index (χ1) is 16.2. The summed E-state index contributed by atoms with van der Waals surface area (Å²) < 4.78 is 18.3. The Morgan fingerprint density at radius 1 is 1.15 bits per heavy atom. The van der Waals surface area contributed by atoms with E-state index in [0.717, 1.165) is 65.3 Å². The number of nitrogens with zero attached hydrogens (tertiary/aromatic N) is 3. The SMILES string of the molecule is Cl.O=C(/C=C/c1ccc2c(c1)OCO2)N(CCCN1CCOCC1)c1nc2ccc(Br)cc2s1. The maximum atomic E-state index is 13.3. The van der Waals surface area contributed by atoms with Gasteiger partial charge in [-0.2, -0.15) is 0 Å². The maximum Gasteiger partial charge on any atom is 0.252 e. The van der Waals surface area contributed by atoms with Crippen molar-refractivity contribution in [3.05, 3.63) is 52.5 Å². The number of fused-ring (bicyclic) bond motifs is 2. The first-order valence-corrected chi connectivity index (χ1v) is 12.5. The van der Waals surface area contributed by atoms with Crippen LogP contribution in [-0.4, -0.2) is 62.0 Å². The second-order valence-electron chi connectivity index (χ2n) is 7.85. The van der Waals surface area contributed by atoms with E-state index in [4.69, 9.17) is 19.2 Å². The Morgan fingerprint density at radius 3 is 2.82 bits per heavy atom. The molecule has 2 aliphatic heterocycles. The summed E-state index contributed by atoms with van der Waals surface area (Å²) >= 11 is 5.05. The van der Waals surface area contributed by atoms with E-state index in [1.807, 2.05) is 42.5 Å². The number of aromatic nitrogens is 1. The zero-order chi connectivity index (χ0) is 22.6. The lowest BCUT2D eigenvalue weighted by Crippen LogP contribution is -2.39. The van der Waals surface area contributed by atoms with E-state index in [2.05, 4.69) is 20.8 Å². The third kappa shape index (κ3) is 5.90. The molecule has 1 amide bonds. The van der Waals surface area contributed by atoms with E-state index >= 15 is 0 Å². The highest BCUT2D eigenvalue weighted by Gasteiger charge is 2.19. The summed E-state index contributed by atoms with van der Waals surface area (Å²) in [6.45, 7) is 5.17. The normalized spacial score (nSPS) is 15.6. The van der Waals surface area contributed by atoms with Crippen LogP contribution < -0.4 is 14.4 Å². The molecule has 3 aromatic rings. The number of thiazole rings is 1. The molecule has 1 saturated heterocycles. The van der Waals surface area contributed by atoms with Crippen molar-refractivity contribution in [2.75, 3.05) is 51.1 Å². The Balaban J connectivity index is 0.00000274. The number of carbonyl (C=O) groups is 1. The van der Waals surface area contributed by atoms with Gasteiger partial charge in [-0.1, -0.05) is 33.3 Å². The van der Waals surface area contributed by atoms with Crippen LogP contribution in [-0.2, 0) is 9.53 Å². The minimum atomic E-state index is -0.0900. The number of morpholine rings is 1. The topological polar surface area (TPSA) is 64.1 Å². The summed E-state index contributed by atoms with van der Waals surface area (Å²) in [6.07, 6.45) is 4.28. The zero-order valence-electron chi connectivity index (χ0n) is 18.4. The molecule has 0 bridgehead atoms. The summed E-state index contributed by atoms with van der Waals surface area (Å²) in [7, 11) is 0. The average Bonchev–Trinajstić information content (AvgIpc) is 3.47. The molecule has 0 unspecified atom stereocenters. The monoisotopic (exact) mass is 565 g/mol. The van der Waals surface area contributed by atoms with Crippen molar-refractivity contribution in [2.24, 2.45) is 0 Å². The van der Waals surface area contributed by atoms with Crippen LogP contribution in [0.1, 0.15) is 12.0 Å². The number of hydrogen-bond acceptors (Lipinski definition) is 7. The zero-order valence-corrected chi connectivity index (χ0v) is 21.7. The predicted molar refractivity (Wildman–Crippen MR) is 140 cm³/mol. The number of ether oxygens (including phenoxy) is 3. The van der Waals surface area contributed by atoms with Crippen LogP contribution in [0.15, 0.2) is 46.9 Å². The van der Waals surface area contributed by atoms with E-state index in [9.17, 15) is 4.79 Å². The Kier molecular flexibility index (Phi) is 8.44. The van der Waals surface area contributed by atoms with Crippen LogP contribution in [0.5, 0.6) is 11.5 Å². The van der Waals surface area contributed by atoms with Crippen molar-refractivity contribution in [1.82, 2.24) is 9.88 Å². The molecule has 0 spiro atoms. The van der Waals surface area contributed by atoms with E-state index in [0.29, 0.717) is 17.4 Å². The molecule has 5 rings (SSSR count). The lowest BCUT2D eigenvalue weighted by molar-refractivity contribution is -0.114. The van der Waals surface area contributed by atoms with Crippen molar-refractivity contribution < 1.29 is 19.0 Å². The lowest BCUT2D eigenvalue weighted by Gasteiger charge is -2.27. The van der Waals surface area contributed by atoms with Gasteiger partial charge >= 0.3 is 0 Å². The minimum absolute atomic E-state index is 0. The molecule has 1 fully saturated rings. The molecule has 1 aromatic heterocycles. The van der Waals surface area contributed by atoms with Gasteiger partial charge < -0.3 is 14.2 Å². The molecule has 2 aliphatic rings. The molecule has 7 nitrogen and oxygen atoms in total. The molecule has 0 atom stereocenters. The smallest absolute Gasteiger partial charge is 0.252 e. The Labute approximate surface area is 216 Å². The standard InChI is InChI=1S/C24H24BrN3O4S.ClH/c25-18-4-5-19-22(15-18)33-24(26-19)28(9-1-8-27-10-12-30-13-11-27)23(29)7-3-17-2-6-20-21(14-17)32-16-31-20;/h2-7,14-15H,1,8-13,16H2;1H/b7-3+;. The van der Waals surface area contributed by atoms with E-state index < -0.39 is 0 Å². The first kappa shape index (κ1) is 24.9. The predicted octanol–water partition coefficient (Wildman–Crippen LogP) is 4.98. The van der Waals surface area contributed by atoms with Gasteiger partial charge in [-0.15, -0.1) is 12.4 Å². The number of hydrogen-bond donors (Lipinski definition) is 0. The lowest BCUT2D eigenvalue weighted by atomic mass is 10.2. The number of anilines is 1. The number of halogens is 2. The van der Waals surface area contributed by atoms with E-state index in [-0.39, 0.29) is 25.1 Å². The van der Waals surface area contributed by atoms with Gasteiger partial charge in [0.2, 0.25) is 6.79 Å². The molecular weight excluding hydrogens is 542 g/mol. The van der Waals surface area contributed by atoms with Crippen molar-refractivity contribution in [3.8, 4) is 11.5 Å². The number of amides is 1. The molecule has 0 aliphatic carbocycles. The van der Waals surface area contributed by atoms with Crippen LogP contribution in [0.4, 0.5) is 5.13 Å². The summed E-state index contributed by atoms with van der Waals surface area (Å²) in [5, 5.41) is 0.713. The fourth-order valence-electron chi connectivity index (χ4n) is 3.85. The van der Waals surface area contributed by atoms with Crippen LogP contribution in [0.3, 0.4) is 0 Å². The van der Waals surface area contributed by atoms with Crippen molar-refractivity contribution in [1.29, 1.82) is 0 Å². The highest BCUT2D eigenvalue weighted by molar-refractivity contribution is 9.10. The van der Waals surface area contributed by atoms with Gasteiger partial charge in [0.1, 0.15) is 0 Å². The summed E-state index contributed by atoms with van der Waals surface area (Å²) in [4.78, 5) is 22.2.